The van der Waals surface area contributed by atoms with Crippen molar-refractivity contribution in [1.82, 2.24) is 4.90 Å². The molecular weight excluding hydrogens is 511 g/mol. The van der Waals surface area contributed by atoms with Crippen LogP contribution in [-0.4, -0.2) is 50.9 Å². The van der Waals surface area contributed by atoms with Crippen molar-refractivity contribution in [2.24, 2.45) is 0 Å². The van der Waals surface area contributed by atoms with E-state index in [1.54, 1.807) is 17.0 Å². The summed E-state index contributed by atoms with van der Waals surface area (Å²) >= 11 is 20.3. The molecule has 32 heavy (non-hydrogen) atoms. The molecule has 0 bridgehead atoms. The fourth-order valence-corrected chi connectivity index (χ4v) is 7.92. The maximum atomic E-state index is 13.7. The van der Waals surface area contributed by atoms with Crippen LogP contribution in [0.15, 0.2) is 36.4 Å². The second-order valence-electron chi connectivity index (χ2n) is 8.06. The third kappa shape index (κ3) is 4.73. The largest absolute Gasteiger partial charge is 0.378 e. The minimum absolute atomic E-state index is 0.0520. The van der Waals surface area contributed by atoms with Crippen LogP contribution in [0.25, 0.3) is 10.1 Å². The van der Waals surface area contributed by atoms with E-state index in [2.05, 4.69) is 0 Å². The first-order chi connectivity index (χ1) is 15.1. The van der Waals surface area contributed by atoms with E-state index in [4.69, 9.17) is 34.8 Å². The summed E-state index contributed by atoms with van der Waals surface area (Å²) in [6, 6.07) is 10.7. The van der Waals surface area contributed by atoms with E-state index >= 15 is 0 Å². The monoisotopic (exact) mass is 530 g/mol. The second kappa shape index (κ2) is 9.03. The van der Waals surface area contributed by atoms with E-state index in [1.165, 1.54) is 11.3 Å². The molecule has 10 heteroatoms. The van der Waals surface area contributed by atoms with Crippen molar-refractivity contribution >= 4 is 77.7 Å². The van der Waals surface area contributed by atoms with Crippen molar-refractivity contribution < 1.29 is 13.2 Å². The van der Waals surface area contributed by atoms with Gasteiger partial charge in [0.2, 0.25) is 0 Å². The number of hydrogen-bond donors (Lipinski definition) is 0. The Bertz CT molecular complexity index is 1290. The van der Waals surface area contributed by atoms with Crippen LogP contribution in [0.2, 0.25) is 15.1 Å². The van der Waals surface area contributed by atoms with E-state index in [0.717, 1.165) is 11.3 Å². The Balaban J connectivity index is 1.73. The van der Waals surface area contributed by atoms with Gasteiger partial charge in [-0.3, -0.25) is 4.79 Å². The highest BCUT2D eigenvalue weighted by Crippen LogP contribution is 2.42. The first-order valence-electron chi connectivity index (χ1n) is 9.90. The van der Waals surface area contributed by atoms with Crippen LogP contribution < -0.4 is 4.90 Å². The zero-order chi connectivity index (χ0) is 23.2. The molecule has 1 amide bonds. The molecule has 4 rings (SSSR count). The summed E-state index contributed by atoms with van der Waals surface area (Å²) in [7, 11) is 0.725. The number of nitrogens with zero attached hydrogens (tertiary/aromatic N) is 2. The molecule has 2 heterocycles. The molecule has 0 aliphatic carbocycles. The van der Waals surface area contributed by atoms with E-state index in [-0.39, 0.29) is 29.0 Å². The van der Waals surface area contributed by atoms with Gasteiger partial charge in [0.15, 0.2) is 9.84 Å². The molecule has 0 radical (unpaired) electrons. The summed E-state index contributed by atoms with van der Waals surface area (Å²) in [4.78, 5) is 17.6. The van der Waals surface area contributed by atoms with Gasteiger partial charge in [0.1, 0.15) is 4.88 Å². The summed E-state index contributed by atoms with van der Waals surface area (Å²) in [5.74, 6) is -0.283. The van der Waals surface area contributed by atoms with Crippen LogP contribution >= 0.6 is 46.1 Å². The Hall–Kier alpha value is -1.51. The first-order valence-corrected chi connectivity index (χ1v) is 13.7. The zero-order valence-electron chi connectivity index (χ0n) is 17.4. The number of halogens is 3. The minimum atomic E-state index is -3.18. The van der Waals surface area contributed by atoms with Crippen molar-refractivity contribution in [3.05, 3.63) is 61.9 Å². The van der Waals surface area contributed by atoms with Gasteiger partial charge in [-0.05, 0) is 36.2 Å². The molecule has 1 aliphatic heterocycles. The van der Waals surface area contributed by atoms with Gasteiger partial charge in [-0.15, -0.1) is 11.3 Å². The summed E-state index contributed by atoms with van der Waals surface area (Å²) in [6.45, 7) is 0.284. The molecule has 0 saturated carbocycles. The van der Waals surface area contributed by atoms with Gasteiger partial charge in [-0.2, -0.15) is 0 Å². The Kier molecular flexibility index (Phi) is 6.67. The average Bonchev–Trinajstić information content (AvgIpc) is 3.25. The lowest BCUT2D eigenvalue weighted by Crippen LogP contribution is -2.40. The third-order valence-electron chi connectivity index (χ3n) is 5.56. The van der Waals surface area contributed by atoms with Gasteiger partial charge in [0.25, 0.3) is 5.91 Å². The number of carbonyl (C=O) groups excluding carboxylic acids is 1. The smallest absolute Gasteiger partial charge is 0.266 e. The molecule has 1 saturated heterocycles. The summed E-state index contributed by atoms with van der Waals surface area (Å²) < 4.78 is 25.0. The lowest BCUT2D eigenvalue weighted by molar-refractivity contribution is 0.0686. The molecule has 2 aromatic carbocycles. The molecule has 3 aromatic rings. The zero-order valence-corrected chi connectivity index (χ0v) is 21.3. The quantitative estimate of drug-likeness (QED) is 0.420. The van der Waals surface area contributed by atoms with Crippen LogP contribution in [0.3, 0.4) is 0 Å². The van der Waals surface area contributed by atoms with Crippen LogP contribution in [-0.2, 0) is 16.4 Å². The highest BCUT2D eigenvalue weighted by atomic mass is 35.5. The Labute approximate surface area is 206 Å². The van der Waals surface area contributed by atoms with Gasteiger partial charge >= 0.3 is 0 Å². The number of rotatable bonds is 5. The summed E-state index contributed by atoms with van der Waals surface area (Å²) in [5.41, 5.74) is 1.95. The number of benzene rings is 2. The summed E-state index contributed by atoms with van der Waals surface area (Å²) in [5, 5.41) is 1.69. The van der Waals surface area contributed by atoms with Crippen molar-refractivity contribution in [1.29, 1.82) is 0 Å². The molecule has 1 atom stereocenters. The lowest BCUT2D eigenvalue weighted by atomic mass is 10.1. The minimum Gasteiger partial charge on any atom is -0.378 e. The number of fused-ring (bicyclic) bond motifs is 1. The molecule has 5 nitrogen and oxygen atoms in total. The van der Waals surface area contributed by atoms with E-state index in [0.29, 0.717) is 31.4 Å². The highest BCUT2D eigenvalue weighted by molar-refractivity contribution is 7.91. The molecule has 170 valence electrons. The third-order valence-corrected chi connectivity index (χ3v) is 9.44. The molecule has 1 aromatic heterocycles. The van der Waals surface area contributed by atoms with Crippen LogP contribution in [0.1, 0.15) is 21.7 Å². The number of anilines is 1. The van der Waals surface area contributed by atoms with Crippen molar-refractivity contribution in [3.8, 4) is 0 Å². The van der Waals surface area contributed by atoms with Gasteiger partial charge in [0, 0.05) is 47.5 Å². The molecule has 1 aliphatic rings. The normalized spacial score (nSPS) is 17.6. The maximum Gasteiger partial charge on any atom is 0.266 e. The van der Waals surface area contributed by atoms with Gasteiger partial charge in [-0.25, -0.2) is 8.42 Å². The Morgan fingerprint density at radius 2 is 1.81 bits per heavy atom. The molecule has 0 unspecified atom stereocenters. The molecular formula is C22H21Cl3N2O3S2. The van der Waals surface area contributed by atoms with Gasteiger partial charge in [0.05, 0.1) is 21.6 Å². The fraction of sp³-hybridized carbons (Fsp3) is 0.318. The van der Waals surface area contributed by atoms with Crippen LogP contribution in [0.4, 0.5) is 5.69 Å². The predicted octanol–water partition coefficient (Wildman–Crippen LogP) is 5.76. The summed E-state index contributed by atoms with van der Waals surface area (Å²) in [6.07, 6.45) is 0.402. The fourth-order valence-electron chi connectivity index (χ4n) is 3.86. The number of carbonyl (C=O) groups is 1. The number of hydrogen-bond acceptors (Lipinski definition) is 5. The number of sulfone groups is 1. The molecule has 0 spiro atoms. The number of amides is 1. The lowest BCUT2D eigenvalue weighted by Gasteiger charge is -2.28. The molecule has 1 fully saturated rings. The first kappa shape index (κ1) is 23.6. The van der Waals surface area contributed by atoms with Gasteiger partial charge in [-0.1, -0.05) is 46.9 Å². The average molecular weight is 532 g/mol. The van der Waals surface area contributed by atoms with Crippen molar-refractivity contribution in [2.45, 2.75) is 19.0 Å². The van der Waals surface area contributed by atoms with Crippen LogP contribution in [0.5, 0.6) is 0 Å². The van der Waals surface area contributed by atoms with Gasteiger partial charge < -0.3 is 9.80 Å². The van der Waals surface area contributed by atoms with E-state index < -0.39 is 15.9 Å². The Morgan fingerprint density at radius 3 is 2.41 bits per heavy atom. The predicted molar refractivity (Wildman–Crippen MR) is 135 cm³/mol. The van der Waals surface area contributed by atoms with E-state index in [1.807, 2.05) is 43.3 Å². The topological polar surface area (TPSA) is 57.7 Å². The SMILES string of the molecule is CN(C)c1ccc(CN(C(=O)c2sc3cc(Cl)cc(Cl)c3c2Cl)[C@H]2CCS(=O)(=O)C2)cc1. The molecule has 0 N–H and O–H groups in total. The second-order valence-corrected chi connectivity index (χ2v) is 12.6. The standard InChI is InChI=1S/C22H21Cl3N2O3S2/c1-26(2)15-5-3-13(4-6-15)11-27(16-7-8-32(29,30)12-16)22(28)21-20(25)19-17(24)9-14(23)10-18(19)31-21/h3-6,9-10,16H,7-8,11-12H2,1-2H3/t16-/m0/s1. The van der Waals surface area contributed by atoms with Crippen LogP contribution in [0, 0.1) is 0 Å². The van der Waals surface area contributed by atoms with Crippen molar-refractivity contribution in [3.63, 3.8) is 0 Å². The Morgan fingerprint density at radius 1 is 1.12 bits per heavy atom. The highest BCUT2D eigenvalue weighted by Gasteiger charge is 2.36. The number of thiophene rings is 1. The van der Waals surface area contributed by atoms with Crippen molar-refractivity contribution in [2.75, 3.05) is 30.5 Å². The van der Waals surface area contributed by atoms with E-state index in [9.17, 15) is 13.2 Å². The maximum absolute atomic E-state index is 13.7.